The van der Waals surface area contributed by atoms with E-state index < -0.39 is 0 Å². The van der Waals surface area contributed by atoms with Crippen molar-refractivity contribution >= 4 is 35.3 Å². The lowest BCUT2D eigenvalue weighted by atomic mass is 9.86. The highest BCUT2D eigenvalue weighted by Gasteiger charge is 2.52. The third kappa shape index (κ3) is 4.96. The van der Waals surface area contributed by atoms with E-state index in [9.17, 15) is 14.4 Å². The van der Waals surface area contributed by atoms with Gasteiger partial charge in [-0.05, 0) is 64.3 Å². The molecule has 1 aromatic rings. The van der Waals surface area contributed by atoms with Crippen LogP contribution in [0, 0.1) is 12.8 Å². The van der Waals surface area contributed by atoms with Gasteiger partial charge in [0, 0.05) is 36.8 Å². The van der Waals surface area contributed by atoms with Gasteiger partial charge >= 0.3 is 6.03 Å². The summed E-state index contributed by atoms with van der Waals surface area (Å²) in [5, 5.41) is 9.73. The molecule has 0 saturated carbocycles. The molecule has 9 nitrogen and oxygen atoms in total. The molecule has 4 atom stereocenters. The highest BCUT2D eigenvalue weighted by molar-refractivity contribution is 8.04. The van der Waals surface area contributed by atoms with Gasteiger partial charge in [0.15, 0.2) is 0 Å². The van der Waals surface area contributed by atoms with Crippen LogP contribution in [-0.2, 0) is 9.59 Å². The molecule has 4 aliphatic heterocycles. The molecule has 0 aliphatic carbocycles. The Morgan fingerprint density at radius 1 is 1.30 bits per heavy atom. The molecule has 10 heteroatoms. The number of thioether (sulfide) groups is 1. The number of hydrogen-bond donors (Lipinski definition) is 3. The van der Waals surface area contributed by atoms with E-state index in [1.54, 1.807) is 4.90 Å². The minimum absolute atomic E-state index is 0.00167. The highest BCUT2D eigenvalue weighted by Crippen LogP contribution is 2.48. The number of hydrogen-bond acceptors (Lipinski definition) is 6. The first-order chi connectivity index (χ1) is 17.8. The predicted molar refractivity (Wildman–Crippen MR) is 144 cm³/mol. The van der Waals surface area contributed by atoms with Crippen LogP contribution in [0.2, 0.25) is 0 Å². The molecule has 37 heavy (non-hydrogen) atoms. The second-order valence-corrected chi connectivity index (χ2v) is 11.5. The Balaban J connectivity index is 1.39. The minimum Gasteiger partial charge on any atom is -0.491 e. The van der Waals surface area contributed by atoms with Crippen molar-refractivity contribution in [1.29, 1.82) is 0 Å². The SMILES string of the molecule is C=CC(=O)N1CCC[C@@H](NC(=O)C2=C3NC(=O)N(c4cc(OC(C)C)ccc4C)C4CCNC(S2)C34)C1. The fraction of sp³-hybridized carbons (Fsp3) is 0.519. The van der Waals surface area contributed by atoms with Crippen LogP contribution in [-0.4, -0.2) is 65.9 Å². The molecule has 4 heterocycles. The van der Waals surface area contributed by atoms with E-state index in [0.717, 1.165) is 42.8 Å². The summed E-state index contributed by atoms with van der Waals surface area (Å²) in [6.45, 7) is 11.4. The first-order valence-electron chi connectivity index (χ1n) is 13.0. The van der Waals surface area contributed by atoms with E-state index >= 15 is 0 Å². The number of benzene rings is 1. The highest BCUT2D eigenvalue weighted by atomic mass is 32.2. The van der Waals surface area contributed by atoms with Crippen molar-refractivity contribution in [3.8, 4) is 5.75 Å². The van der Waals surface area contributed by atoms with Gasteiger partial charge < -0.3 is 25.6 Å². The Labute approximate surface area is 222 Å². The molecule has 4 amide bonds. The Morgan fingerprint density at radius 3 is 2.86 bits per heavy atom. The molecule has 0 aromatic heterocycles. The van der Waals surface area contributed by atoms with Gasteiger partial charge in [-0.2, -0.15) is 0 Å². The van der Waals surface area contributed by atoms with Crippen LogP contribution >= 0.6 is 11.8 Å². The summed E-state index contributed by atoms with van der Waals surface area (Å²) in [6.07, 6.45) is 3.75. The van der Waals surface area contributed by atoms with Crippen LogP contribution in [0.25, 0.3) is 0 Å². The second-order valence-electron chi connectivity index (χ2n) is 10.3. The molecule has 198 valence electrons. The molecule has 0 spiro atoms. The predicted octanol–water partition coefficient (Wildman–Crippen LogP) is 2.87. The van der Waals surface area contributed by atoms with Crippen LogP contribution < -0.4 is 25.6 Å². The van der Waals surface area contributed by atoms with E-state index in [1.165, 1.54) is 17.8 Å². The molecule has 3 saturated heterocycles. The fourth-order valence-corrected chi connectivity index (χ4v) is 7.17. The average Bonchev–Trinajstić information content (AvgIpc) is 3.24. The van der Waals surface area contributed by atoms with Crippen molar-refractivity contribution in [2.24, 2.45) is 5.92 Å². The quantitative estimate of drug-likeness (QED) is 0.494. The van der Waals surface area contributed by atoms with E-state index in [2.05, 4.69) is 22.5 Å². The van der Waals surface area contributed by atoms with E-state index in [1.807, 2.05) is 43.9 Å². The topological polar surface area (TPSA) is 103 Å². The number of piperidine rings is 2. The van der Waals surface area contributed by atoms with Crippen LogP contribution in [0.5, 0.6) is 5.75 Å². The van der Waals surface area contributed by atoms with Crippen LogP contribution in [0.4, 0.5) is 10.5 Å². The lowest BCUT2D eigenvalue weighted by Gasteiger charge is -2.46. The lowest BCUT2D eigenvalue weighted by molar-refractivity contribution is -0.128. The molecule has 5 rings (SSSR count). The summed E-state index contributed by atoms with van der Waals surface area (Å²) in [7, 11) is 0. The number of aryl methyl sites for hydroxylation is 1. The van der Waals surface area contributed by atoms with Crippen molar-refractivity contribution in [3.63, 3.8) is 0 Å². The first-order valence-corrected chi connectivity index (χ1v) is 13.9. The van der Waals surface area contributed by atoms with Gasteiger partial charge in [-0.15, -0.1) is 0 Å². The number of rotatable bonds is 6. The maximum Gasteiger partial charge on any atom is 0.326 e. The number of nitrogens with zero attached hydrogens (tertiary/aromatic N) is 2. The van der Waals surface area contributed by atoms with Crippen molar-refractivity contribution < 1.29 is 19.1 Å². The Morgan fingerprint density at radius 2 is 2.11 bits per heavy atom. The van der Waals surface area contributed by atoms with E-state index in [4.69, 9.17) is 4.74 Å². The van der Waals surface area contributed by atoms with Gasteiger partial charge in [0.2, 0.25) is 5.91 Å². The van der Waals surface area contributed by atoms with E-state index in [-0.39, 0.29) is 47.3 Å². The number of nitrogens with one attached hydrogen (secondary N) is 3. The number of carbonyl (C=O) groups excluding carboxylic acids is 3. The van der Waals surface area contributed by atoms with Gasteiger partial charge in [-0.3, -0.25) is 14.5 Å². The summed E-state index contributed by atoms with van der Waals surface area (Å²) < 4.78 is 5.91. The summed E-state index contributed by atoms with van der Waals surface area (Å²) in [5.74, 6) is 0.390. The normalized spacial score (nSPS) is 27.1. The Bertz CT molecular complexity index is 1150. The molecule has 0 bridgehead atoms. The number of urea groups is 1. The maximum absolute atomic E-state index is 13.6. The molecule has 3 N–H and O–H groups in total. The zero-order chi connectivity index (χ0) is 26.3. The fourth-order valence-electron chi connectivity index (χ4n) is 5.77. The molecular formula is C27H35N5O4S. The molecule has 3 unspecified atom stereocenters. The molecule has 3 fully saturated rings. The third-order valence-electron chi connectivity index (χ3n) is 7.40. The molecule has 0 radical (unpaired) electrons. The second kappa shape index (κ2) is 10.4. The standard InChI is InChI=1S/C27H35N5O4S/c1-5-21(33)31-12-6-7-17(14-31)29-25(34)24-23-22-19(10-11-28-26(22)37-24)32(27(35)30-23)20-13-18(36-15(2)3)9-8-16(20)4/h5,8-9,13,15,17,19,22,26,28H,1,6-7,10-12,14H2,2-4H3,(H,29,34)(H,30,35)/t17-,19?,22?,26?/m1/s1. The monoisotopic (exact) mass is 525 g/mol. The number of amides is 4. The Kier molecular flexibility index (Phi) is 7.22. The first kappa shape index (κ1) is 25.7. The number of anilines is 1. The van der Waals surface area contributed by atoms with Crippen LogP contribution in [0.3, 0.4) is 0 Å². The van der Waals surface area contributed by atoms with Gasteiger partial charge in [0.05, 0.1) is 28.1 Å². The van der Waals surface area contributed by atoms with Crippen molar-refractivity contribution in [3.05, 3.63) is 47.0 Å². The maximum atomic E-state index is 13.6. The third-order valence-corrected chi connectivity index (χ3v) is 8.76. The summed E-state index contributed by atoms with van der Waals surface area (Å²) >= 11 is 1.49. The molecule has 4 aliphatic rings. The lowest BCUT2D eigenvalue weighted by Crippen LogP contribution is -2.62. The molecular weight excluding hydrogens is 490 g/mol. The van der Waals surface area contributed by atoms with Gasteiger partial charge in [-0.25, -0.2) is 4.79 Å². The van der Waals surface area contributed by atoms with Crippen molar-refractivity contribution in [2.75, 3.05) is 24.5 Å². The zero-order valence-corrected chi connectivity index (χ0v) is 22.4. The number of likely N-dealkylation sites (tertiary alicyclic amines) is 1. The van der Waals surface area contributed by atoms with Gasteiger partial charge in [0.25, 0.3) is 5.91 Å². The molecule has 1 aromatic carbocycles. The van der Waals surface area contributed by atoms with Gasteiger partial charge in [0.1, 0.15) is 5.75 Å². The zero-order valence-electron chi connectivity index (χ0n) is 21.6. The summed E-state index contributed by atoms with van der Waals surface area (Å²) in [4.78, 5) is 43.2. The van der Waals surface area contributed by atoms with Crippen molar-refractivity contribution in [2.45, 2.75) is 63.6 Å². The van der Waals surface area contributed by atoms with E-state index in [0.29, 0.717) is 23.7 Å². The number of carbonyl (C=O) groups is 3. The van der Waals surface area contributed by atoms with Crippen LogP contribution in [0.15, 0.2) is 41.5 Å². The summed E-state index contributed by atoms with van der Waals surface area (Å²) in [5.41, 5.74) is 2.53. The van der Waals surface area contributed by atoms with Crippen LogP contribution in [0.1, 0.15) is 38.7 Å². The smallest absolute Gasteiger partial charge is 0.326 e. The summed E-state index contributed by atoms with van der Waals surface area (Å²) in [6, 6.07) is 5.42. The minimum atomic E-state index is -0.227. The van der Waals surface area contributed by atoms with Gasteiger partial charge in [-0.1, -0.05) is 24.4 Å². The average molecular weight is 526 g/mol. The Hall–Kier alpha value is -2.98. The number of ether oxygens (including phenoxy) is 1. The van der Waals surface area contributed by atoms with Crippen molar-refractivity contribution in [1.82, 2.24) is 20.9 Å². The largest absolute Gasteiger partial charge is 0.491 e.